The Morgan fingerprint density at radius 1 is 1.50 bits per heavy atom. The van der Waals surface area contributed by atoms with E-state index in [0.717, 1.165) is 0 Å². The number of fused-ring (bicyclic) bond motifs is 1. The summed E-state index contributed by atoms with van der Waals surface area (Å²) in [5, 5.41) is 8.92. The van der Waals surface area contributed by atoms with E-state index < -0.39 is 3.79 Å². The maximum Gasteiger partial charge on any atom is 0.228 e. The molecular weight excluding hydrogens is 269 g/mol. The number of rotatable bonds is 1. The first-order valence-electron chi connectivity index (χ1n) is 3.47. The number of nitrogens with zero attached hydrogens (tertiary/aromatic N) is 2. The lowest BCUT2D eigenvalue weighted by Gasteiger charge is -2.09. The Kier molecular flexibility index (Phi) is 2.53. The molecule has 0 aromatic carbocycles. The maximum atomic E-state index is 8.92. The van der Waals surface area contributed by atoms with Crippen LogP contribution in [0.25, 0.3) is 4.96 Å². The standard InChI is InChI=1S/C6H4Cl3N3OS/c7-6(8,9)3-4(11-13)12-2-1-10-5(12)14-3/h1-2,11,13H. The number of nitrogens with one attached hydrogen (secondary N) is 1. The van der Waals surface area contributed by atoms with E-state index in [9.17, 15) is 0 Å². The molecular formula is C6H4Cl3N3OS. The summed E-state index contributed by atoms with van der Waals surface area (Å²) in [6.45, 7) is 0. The van der Waals surface area contributed by atoms with Crippen LogP contribution in [-0.2, 0) is 3.79 Å². The summed E-state index contributed by atoms with van der Waals surface area (Å²) in [6, 6.07) is 0. The lowest BCUT2D eigenvalue weighted by molar-refractivity contribution is 0.384. The SMILES string of the molecule is ONc1c(C(Cl)(Cl)Cl)sc2nccn12. The molecule has 0 saturated heterocycles. The fraction of sp³-hybridized carbons (Fsp3) is 0.167. The number of halogens is 3. The van der Waals surface area contributed by atoms with E-state index in [1.54, 1.807) is 16.8 Å². The van der Waals surface area contributed by atoms with Gasteiger partial charge in [0.1, 0.15) is 4.88 Å². The van der Waals surface area contributed by atoms with E-state index in [-0.39, 0.29) is 0 Å². The first-order chi connectivity index (χ1) is 6.54. The summed E-state index contributed by atoms with van der Waals surface area (Å²) in [7, 11) is 0. The molecule has 0 spiro atoms. The number of aromatic nitrogens is 2. The Balaban J connectivity index is 2.70. The van der Waals surface area contributed by atoms with E-state index in [1.807, 2.05) is 5.48 Å². The van der Waals surface area contributed by atoms with Crippen LogP contribution in [0.2, 0.25) is 0 Å². The lowest BCUT2D eigenvalue weighted by atomic mass is 10.5. The molecule has 0 fully saturated rings. The van der Waals surface area contributed by atoms with Gasteiger partial charge in [-0.05, 0) is 0 Å². The Hall–Kier alpha value is -0.200. The maximum absolute atomic E-state index is 8.92. The molecule has 2 N–H and O–H groups in total. The molecule has 0 atom stereocenters. The van der Waals surface area contributed by atoms with E-state index in [4.69, 9.17) is 40.0 Å². The van der Waals surface area contributed by atoms with E-state index >= 15 is 0 Å². The van der Waals surface area contributed by atoms with Gasteiger partial charge in [0.05, 0.1) is 0 Å². The van der Waals surface area contributed by atoms with Crippen molar-refractivity contribution < 1.29 is 5.21 Å². The van der Waals surface area contributed by atoms with Gasteiger partial charge in [-0.1, -0.05) is 46.1 Å². The Morgan fingerprint density at radius 3 is 2.79 bits per heavy atom. The molecule has 2 heterocycles. The highest BCUT2D eigenvalue weighted by Crippen LogP contribution is 2.46. The minimum absolute atomic E-state index is 0.322. The van der Waals surface area contributed by atoms with E-state index in [1.165, 1.54) is 11.3 Å². The van der Waals surface area contributed by atoms with E-state index in [0.29, 0.717) is 15.7 Å². The zero-order valence-corrected chi connectivity index (χ0v) is 9.62. The Morgan fingerprint density at radius 2 is 2.21 bits per heavy atom. The van der Waals surface area contributed by atoms with Crippen molar-refractivity contribution in [3.8, 4) is 0 Å². The molecule has 0 aliphatic rings. The normalized spacial score (nSPS) is 12.3. The zero-order valence-electron chi connectivity index (χ0n) is 6.54. The number of imidazole rings is 1. The molecule has 2 aromatic heterocycles. The topological polar surface area (TPSA) is 49.6 Å². The molecule has 0 radical (unpaired) electrons. The second-order valence-corrected chi connectivity index (χ2v) is 5.73. The van der Waals surface area contributed by atoms with Gasteiger partial charge in [-0.3, -0.25) is 15.1 Å². The van der Waals surface area contributed by atoms with Crippen molar-refractivity contribution in [1.82, 2.24) is 9.38 Å². The largest absolute Gasteiger partial charge is 0.290 e. The molecule has 2 rings (SSSR count). The predicted molar refractivity (Wildman–Crippen MR) is 57.7 cm³/mol. The third kappa shape index (κ3) is 1.55. The molecule has 2 aromatic rings. The van der Waals surface area contributed by atoms with Crippen LogP contribution in [0.3, 0.4) is 0 Å². The van der Waals surface area contributed by atoms with Crippen molar-refractivity contribution in [2.45, 2.75) is 3.79 Å². The van der Waals surface area contributed by atoms with Gasteiger partial charge in [0.25, 0.3) is 0 Å². The molecule has 0 unspecified atom stereocenters. The second-order valence-electron chi connectivity index (χ2n) is 2.47. The zero-order chi connectivity index (χ0) is 10.3. The van der Waals surface area contributed by atoms with Crippen LogP contribution >= 0.6 is 46.1 Å². The molecule has 0 aliphatic heterocycles. The van der Waals surface area contributed by atoms with Gasteiger partial charge in [0, 0.05) is 12.4 Å². The number of hydrogen-bond donors (Lipinski definition) is 2. The molecule has 0 bridgehead atoms. The highest BCUT2D eigenvalue weighted by Gasteiger charge is 2.30. The van der Waals surface area contributed by atoms with Crippen molar-refractivity contribution in [2.24, 2.45) is 0 Å². The van der Waals surface area contributed by atoms with Crippen LogP contribution in [0.5, 0.6) is 0 Å². The van der Waals surface area contributed by atoms with Crippen LogP contribution in [0, 0.1) is 0 Å². The number of alkyl halides is 3. The van der Waals surface area contributed by atoms with Gasteiger partial charge in [-0.15, -0.1) is 0 Å². The molecule has 8 heteroatoms. The molecule has 4 nitrogen and oxygen atoms in total. The number of thiazole rings is 1. The van der Waals surface area contributed by atoms with Gasteiger partial charge in [-0.2, -0.15) is 0 Å². The second kappa shape index (κ2) is 3.43. The Bertz CT molecular complexity index is 460. The van der Waals surface area contributed by atoms with Crippen molar-refractivity contribution in [3.05, 3.63) is 17.3 Å². The summed E-state index contributed by atoms with van der Waals surface area (Å²) >= 11 is 18.4. The van der Waals surface area contributed by atoms with Crippen LogP contribution in [-0.4, -0.2) is 14.6 Å². The fourth-order valence-electron chi connectivity index (χ4n) is 1.08. The van der Waals surface area contributed by atoms with E-state index in [2.05, 4.69) is 4.98 Å². The van der Waals surface area contributed by atoms with Gasteiger partial charge in [0.15, 0.2) is 10.8 Å². The summed E-state index contributed by atoms with van der Waals surface area (Å²) < 4.78 is 0.0261. The minimum atomic E-state index is -1.57. The summed E-state index contributed by atoms with van der Waals surface area (Å²) in [6.07, 6.45) is 3.25. The summed E-state index contributed by atoms with van der Waals surface area (Å²) in [4.78, 5) is 5.05. The lowest BCUT2D eigenvalue weighted by Crippen LogP contribution is -2.03. The average molecular weight is 273 g/mol. The first kappa shape index (κ1) is 10.3. The van der Waals surface area contributed by atoms with Crippen molar-refractivity contribution >= 4 is 56.9 Å². The molecule has 0 saturated carbocycles. The van der Waals surface area contributed by atoms with Crippen LogP contribution in [0.15, 0.2) is 12.4 Å². The van der Waals surface area contributed by atoms with Crippen LogP contribution in [0.1, 0.15) is 4.88 Å². The molecule has 0 amide bonds. The molecule has 0 aliphatic carbocycles. The van der Waals surface area contributed by atoms with Crippen molar-refractivity contribution in [3.63, 3.8) is 0 Å². The van der Waals surface area contributed by atoms with Crippen LogP contribution in [0.4, 0.5) is 5.82 Å². The molecule has 14 heavy (non-hydrogen) atoms. The minimum Gasteiger partial charge on any atom is -0.290 e. The van der Waals surface area contributed by atoms with Gasteiger partial charge >= 0.3 is 0 Å². The quantitative estimate of drug-likeness (QED) is 0.620. The summed E-state index contributed by atoms with van der Waals surface area (Å²) in [5.41, 5.74) is 1.99. The number of hydrogen-bond acceptors (Lipinski definition) is 4. The van der Waals surface area contributed by atoms with Gasteiger partial charge in [0.2, 0.25) is 3.79 Å². The van der Waals surface area contributed by atoms with Crippen molar-refractivity contribution in [2.75, 3.05) is 5.48 Å². The van der Waals surface area contributed by atoms with Crippen LogP contribution < -0.4 is 5.48 Å². The predicted octanol–water partition coefficient (Wildman–Crippen LogP) is 3.02. The third-order valence-corrected chi connectivity index (χ3v) is 3.71. The first-order valence-corrected chi connectivity index (χ1v) is 5.42. The van der Waals surface area contributed by atoms with Gasteiger partial charge in [-0.25, -0.2) is 4.98 Å². The highest BCUT2D eigenvalue weighted by atomic mass is 35.6. The number of anilines is 1. The monoisotopic (exact) mass is 271 g/mol. The van der Waals surface area contributed by atoms with Crippen molar-refractivity contribution in [1.29, 1.82) is 0 Å². The van der Waals surface area contributed by atoms with Gasteiger partial charge < -0.3 is 0 Å². The third-order valence-electron chi connectivity index (χ3n) is 1.62. The Labute approximate surface area is 98.0 Å². The highest BCUT2D eigenvalue weighted by molar-refractivity contribution is 7.18. The average Bonchev–Trinajstić information content (AvgIpc) is 2.58. The fourth-order valence-corrected chi connectivity index (χ4v) is 2.60. The molecule has 76 valence electrons. The smallest absolute Gasteiger partial charge is 0.228 e. The summed E-state index contributed by atoms with van der Waals surface area (Å²) in [5.74, 6) is 0.322.